The van der Waals surface area contributed by atoms with E-state index in [0.29, 0.717) is 5.75 Å². The van der Waals surface area contributed by atoms with E-state index in [1.807, 2.05) is 37.3 Å². The molecule has 0 aromatic heterocycles. The van der Waals surface area contributed by atoms with Gasteiger partial charge < -0.3 is 10.4 Å². The molecule has 0 aliphatic carbocycles. The predicted molar refractivity (Wildman–Crippen MR) is 89.1 cm³/mol. The van der Waals surface area contributed by atoms with Crippen LogP contribution in [-0.2, 0) is 13.0 Å². The summed E-state index contributed by atoms with van der Waals surface area (Å²) in [5.41, 5.74) is 4.57. The number of hydrogen-bond donors (Lipinski definition) is 2. The lowest BCUT2D eigenvalue weighted by molar-refractivity contribution is 0.465. The molecule has 2 aromatic carbocycles. The highest BCUT2D eigenvalue weighted by atomic mass is 35.5. The van der Waals surface area contributed by atoms with E-state index in [1.165, 1.54) is 11.1 Å². The molecule has 2 rings (SSSR count). The van der Waals surface area contributed by atoms with Crippen molar-refractivity contribution in [3.8, 4) is 5.75 Å². The highest BCUT2D eigenvalue weighted by Crippen LogP contribution is 2.24. The van der Waals surface area contributed by atoms with Crippen LogP contribution in [0, 0.1) is 13.8 Å². The van der Waals surface area contributed by atoms with Crippen molar-refractivity contribution in [3.63, 3.8) is 0 Å². The van der Waals surface area contributed by atoms with E-state index < -0.39 is 0 Å². The Kier molecular flexibility index (Phi) is 5.66. The third-order valence-corrected chi connectivity index (χ3v) is 3.87. The second-order valence-corrected chi connectivity index (χ2v) is 5.92. The fourth-order valence-corrected chi connectivity index (χ4v) is 2.65. The fourth-order valence-electron chi connectivity index (χ4n) is 2.53. The first-order valence-corrected chi connectivity index (χ1v) is 7.68. The zero-order valence-corrected chi connectivity index (χ0v) is 13.4. The Labute approximate surface area is 131 Å². The molecule has 0 aliphatic heterocycles. The molecule has 21 heavy (non-hydrogen) atoms. The number of hydrogen-bond acceptors (Lipinski definition) is 2. The van der Waals surface area contributed by atoms with E-state index in [0.717, 1.165) is 42.1 Å². The van der Waals surface area contributed by atoms with E-state index in [9.17, 15) is 5.11 Å². The van der Waals surface area contributed by atoms with Crippen molar-refractivity contribution >= 4 is 11.6 Å². The average molecular weight is 304 g/mol. The van der Waals surface area contributed by atoms with E-state index in [-0.39, 0.29) is 0 Å². The van der Waals surface area contributed by atoms with E-state index in [4.69, 9.17) is 11.6 Å². The number of phenols is 1. The van der Waals surface area contributed by atoms with Gasteiger partial charge in [-0.1, -0.05) is 29.8 Å². The van der Waals surface area contributed by atoms with Gasteiger partial charge in [0.15, 0.2) is 0 Å². The molecule has 0 saturated carbocycles. The Morgan fingerprint density at radius 1 is 1.10 bits per heavy atom. The summed E-state index contributed by atoms with van der Waals surface area (Å²) in [6.07, 6.45) is 1.90. The van der Waals surface area contributed by atoms with Gasteiger partial charge in [0.05, 0.1) is 0 Å². The van der Waals surface area contributed by atoms with Crippen LogP contribution in [0.1, 0.15) is 28.7 Å². The minimum Gasteiger partial charge on any atom is -0.508 e. The molecule has 0 heterocycles. The van der Waals surface area contributed by atoms with Gasteiger partial charge in [0, 0.05) is 11.6 Å². The van der Waals surface area contributed by atoms with Crippen LogP contribution in [0.3, 0.4) is 0 Å². The molecule has 0 atom stereocenters. The van der Waals surface area contributed by atoms with Gasteiger partial charge in [-0.2, -0.15) is 0 Å². The summed E-state index contributed by atoms with van der Waals surface area (Å²) in [4.78, 5) is 0. The van der Waals surface area contributed by atoms with Gasteiger partial charge in [-0.25, -0.2) is 0 Å². The topological polar surface area (TPSA) is 32.3 Å². The second kappa shape index (κ2) is 7.48. The van der Waals surface area contributed by atoms with Gasteiger partial charge in [0.1, 0.15) is 5.75 Å². The third-order valence-electron chi connectivity index (χ3n) is 3.62. The second-order valence-electron chi connectivity index (χ2n) is 5.49. The zero-order valence-electron chi connectivity index (χ0n) is 12.6. The third kappa shape index (κ3) is 4.76. The molecule has 0 radical (unpaired) electrons. The highest BCUT2D eigenvalue weighted by Gasteiger charge is 2.05. The van der Waals surface area contributed by atoms with Gasteiger partial charge >= 0.3 is 0 Å². The van der Waals surface area contributed by atoms with Gasteiger partial charge in [-0.15, -0.1) is 0 Å². The molecular weight excluding hydrogens is 282 g/mol. The van der Waals surface area contributed by atoms with Crippen LogP contribution in [0.5, 0.6) is 5.75 Å². The lowest BCUT2D eigenvalue weighted by Crippen LogP contribution is -2.15. The van der Waals surface area contributed by atoms with Crippen molar-refractivity contribution in [3.05, 3.63) is 63.7 Å². The summed E-state index contributed by atoms with van der Waals surface area (Å²) in [5.74, 6) is 0.421. The molecule has 0 fully saturated rings. The number of halogens is 1. The van der Waals surface area contributed by atoms with Crippen molar-refractivity contribution in [1.82, 2.24) is 5.32 Å². The van der Waals surface area contributed by atoms with Crippen molar-refractivity contribution in [2.75, 3.05) is 6.54 Å². The molecule has 0 aliphatic rings. The van der Waals surface area contributed by atoms with Crippen LogP contribution in [-0.4, -0.2) is 11.7 Å². The first-order valence-electron chi connectivity index (χ1n) is 7.30. The SMILES string of the molecule is Cc1cc(C)c(CCCNCc2ccc(Cl)cc2)c(O)c1. The number of aryl methyl sites for hydroxylation is 2. The summed E-state index contributed by atoms with van der Waals surface area (Å²) in [6.45, 7) is 5.83. The number of nitrogens with one attached hydrogen (secondary N) is 1. The minimum atomic E-state index is 0.421. The normalized spacial score (nSPS) is 10.8. The summed E-state index contributed by atoms with van der Waals surface area (Å²) < 4.78 is 0. The number of phenolic OH excluding ortho intramolecular Hbond substituents is 1. The first-order chi connectivity index (χ1) is 10.1. The van der Waals surface area contributed by atoms with Crippen LogP contribution >= 0.6 is 11.6 Å². The van der Waals surface area contributed by atoms with Crippen LogP contribution in [0.15, 0.2) is 36.4 Å². The van der Waals surface area contributed by atoms with Gasteiger partial charge in [-0.3, -0.25) is 0 Å². The van der Waals surface area contributed by atoms with Crippen molar-refractivity contribution in [2.45, 2.75) is 33.2 Å². The Hall–Kier alpha value is -1.51. The van der Waals surface area contributed by atoms with Crippen LogP contribution in [0.4, 0.5) is 0 Å². The van der Waals surface area contributed by atoms with Gasteiger partial charge in [-0.05, 0) is 73.7 Å². The summed E-state index contributed by atoms with van der Waals surface area (Å²) in [6, 6.07) is 11.8. The number of benzene rings is 2. The van der Waals surface area contributed by atoms with Crippen molar-refractivity contribution < 1.29 is 5.11 Å². The first kappa shape index (κ1) is 15.9. The standard InChI is InChI=1S/C18H22ClNO/c1-13-10-14(2)17(18(21)11-13)4-3-9-20-12-15-5-7-16(19)8-6-15/h5-8,10-11,20-21H,3-4,9,12H2,1-2H3. The predicted octanol–water partition coefficient (Wildman–Crippen LogP) is 4.38. The van der Waals surface area contributed by atoms with Crippen molar-refractivity contribution in [1.29, 1.82) is 0 Å². The summed E-state index contributed by atoms with van der Waals surface area (Å²) in [7, 11) is 0. The largest absolute Gasteiger partial charge is 0.508 e. The molecule has 2 nitrogen and oxygen atoms in total. The molecule has 3 heteroatoms. The summed E-state index contributed by atoms with van der Waals surface area (Å²) in [5, 5.41) is 14.2. The van der Waals surface area contributed by atoms with Crippen LogP contribution in [0.2, 0.25) is 5.02 Å². The molecule has 2 aromatic rings. The van der Waals surface area contributed by atoms with Crippen molar-refractivity contribution in [2.24, 2.45) is 0 Å². The Bertz CT molecular complexity index is 570. The highest BCUT2D eigenvalue weighted by molar-refractivity contribution is 6.30. The summed E-state index contributed by atoms with van der Waals surface area (Å²) >= 11 is 5.86. The monoisotopic (exact) mass is 303 g/mol. The molecular formula is C18H22ClNO. The molecule has 0 spiro atoms. The molecule has 0 unspecified atom stereocenters. The van der Waals surface area contributed by atoms with E-state index in [2.05, 4.69) is 18.3 Å². The molecule has 112 valence electrons. The average Bonchev–Trinajstić information content (AvgIpc) is 2.43. The lowest BCUT2D eigenvalue weighted by Gasteiger charge is -2.10. The maximum atomic E-state index is 10.00. The van der Waals surface area contributed by atoms with E-state index in [1.54, 1.807) is 0 Å². The van der Waals surface area contributed by atoms with Gasteiger partial charge in [0.25, 0.3) is 0 Å². The maximum Gasteiger partial charge on any atom is 0.119 e. The molecule has 0 saturated heterocycles. The number of rotatable bonds is 6. The Morgan fingerprint density at radius 3 is 2.48 bits per heavy atom. The molecule has 0 amide bonds. The Balaban J connectivity index is 1.76. The number of aromatic hydroxyl groups is 1. The molecule has 2 N–H and O–H groups in total. The van der Waals surface area contributed by atoms with Crippen LogP contribution < -0.4 is 5.32 Å². The van der Waals surface area contributed by atoms with Gasteiger partial charge in [0.2, 0.25) is 0 Å². The lowest BCUT2D eigenvalue weighted by atomic mass is 10.0. The molecule has 0 bridgehead atoms. The smallest absolute Gasteiger partial charge is 0.119 e. The maximum absolute atomic E-state index is 10.00. The quantitative estimate of drug-likeness (QED) is 0.776. The zero-order chi connectivity index (χ0) is 15.2. The Morgan fingerprint density at radius 2 is 1.81 bits per heavy atom. The minimum absolute atomic E-state index is 0.421. The van der Waals surface area contributed by atoms with Crippen LogP contribution in [0.25, 0.3) is 0 Å². The fraction of sp³-hybridized carbons (Fsp3) is 0.333. The van der Waals surface area contributed by atoms with E-state index >= 15 is 0 Å².